The van der Waals surface area contributed by atoms with Gasteiger partial charge in [0.1, 0.15) is 5.82 Å². The minimum Gasteiger partial charge on any atom is -0.240 e. The van der Waals surface area contributed by atoms with Gasteiger partial charge in [-0.3, -0.25) is 0 Å². The summed E-state index contributed by atoms with van der Waals surface area (Å²) >= 11 is 0. The highest BCUT2D eigenvalue weighted by Gasteiger charge is 2.12. The van der Waals surface area contributed by atoms with Crippen molar-refractivity contribution in [1.29, 1.82) is 0 Å². The first kappa shape index (κ1) is 15.9. The van der Waals surface area contributed by atoms with Crippen LogP contribution in [0.15, 0.2) is 30.5 Å². The van der Waals surface area contributed by atoms with Crippen LogP contribution in [0.4, 0.5) is 0 Å². The summed E-state index contributed by atoms with van der Waals surface area (Å²) in [7, 11) is 0. The van der Waals surface area contributed by atoms with Crippen molar-refractivity contribution in [1.82, 2.24) is 9.97 Å². The van der Waals surface area contributed by atoms with Gasteiger partial charge in [-0.15, -0.1) is 12.4 Å². The highest BCUT2D eigenvalue weighted by Crippen LogP contribution is 2.24. The van der Waals surface area contributed by atoms with Crippen LogP contribution in [0.2, 0.25) is 0 Å². The van der Waals surface area contributed by atoms with Crippen molar-refractivity contribution in [2.75, 3.05) is 0 Å². The Balaban J connectivity index is 0.00000180. The third-order valence-corrected chi connectivity index (χ3v) is 3.52. The van der Waals surface area contributed by atoms with Crippen molar-refractivity contribution in [3.63, 3.8) is 0 Å². The van der Waals surface area contributed by atoms with Crippen LogP contribution in [0.25, 0.3) is 10.9 Å². The number of para-hydroxylation sites is 1. The van der Waals surface area contributed by atoms with E-state index < -0.39 is 0 Å². The molecule has 0 spiro atoms. The maximum Gasteiger partial charge on any atom is 0.132 e. The fraction of sp³-hybridized carbons (Fsp3) is 0.500. The molecule has 0 aliphatic rings. The maximum absolute atomic E-state index is 4.71. The van der Waals surface area contributed by atoms with Crippen molar-refractivity contribution in [2.24, 2.45) is 0 Å². The molecule has 1 heterocycles. The molecule has 1 atom stereocenters. The van der Waals surface area contributed by atoms with Crippen molar-refractivity contribution in [3.05, 3.63) is 36.3 Å². The van der Waals surface area contributed by atoms with Crippen molar-refractivity contribution < 1.29 is 0 Å². The van der Waals surface area contributed by atoms with Crippen molar-refractivity contribution in [3.8, 4) is 0 Å². The quantitative estimate of drug-likeness (QED) is 0.685. The largest absolute Gasteiger partial charge is 0.240 e. The molecule has 2 nitrogen and oxygen atoms in total. The summed E-state index contributed by atoms with van der Waals surface area (Å²) in [6, 6.07) is 8.21. The number of unbranched alkanes of at least 4 members (excludes halogenated alkanes) is 2. The second kappa shape index (κ2) is 8.11. The second-order valence-electron chi connectivity index (χ2n) is 4.89. The lowest BCUT2D eigenvalue weighted by Gasteiger charge is -2.13. The fourth-order valence-electron chi connectivity index (χ4n) is 2.34. The summed E-state index contributed by atoms with van der Waals surface area (Å²) < 4.78 is 0. The molecule has 2 rings (SSSR count). The molecule has 0 saturated heterocycles. The second-order valence-corrected chi connectivity index (χ2v) is 4.89. The number of fused-ring (bicyclic) bond motifs is 1. The molecule has 0 saturated carbocycles. The molecule has 0 N–H and O–H groups in total. The fourth-order valence-corrected chi connectivity index (χ4v) is 2.34. The molecular formula is C16H23ClN2. The number of halogens is 1. The predicted molar refractivity (Wildman–Crippen MR) is 84.0 cm³/mol. The average Bonchev–Trinajstić information content (AvgIpc) is 2.43. The summed E-state index contributed by atoms with van der Waals surface area (Å²) in [6.45, 7) is 4.47. The van der Waals surface area contributed by atoms with E-state index in [0.717, 1.165) is 23.1 Å². The molecule has 104 valence electrons. The zero-order valence-corrected chi connectivity index (χ0v) is 12.6. The lowest BCUT2D eigenvalue weighted by atomic mass is 9.97. The number of aromatic nitrogens is 2. The molecule has 0 bridgehead atoms. The Morgan fingerprint density at radius 1 is 1.11 bits per heavy atom. The van der Waals surface area contributed by atoms with Gasteiger partial charge in [0.25, 0.3) is 0 Å². The van der Waals surface area contributed by atoms with Crippen molar-refractivity contribution >= 4 is 23.3 Å². The lowest BCUT2D eigenvalue weighted by Crippen LogP contribution is -2.03. The van der Waals surface area contributed by atoms with E-state index in [2.05, 4.69) is 31.0 Å². The summed E-state index contributed by atoms with van der Waals surface area (Å²) in [5, 5.41) is 1.13. The third-order valence-electron chi connectivity index (χ3n) is 3.52. The molecule has 19 heavy (non-hydrogen) atoms. The molecule has 2 aromatic rings. The van der Waals surface area contributed by atoms with Gasteiger partial charge in [0.15, 0.2) is 0 Å². The van der Waals surface area contributed by atoms with Gasteiger partial charge in [-0.2, -0.15) is 0 Å². The van der Waals surface area contributed by atoms with Crippen LogP contribution in [-0.2, 0) is 0 Å². The predicted octanol–water partition coefficient (Wildman–Crippen LogP) is 5.13. The van der Waals surface area contributed by atoms with E-state index in [1.165, 1.54) is 25.7 Å². The third kappa shape index (κ3) is 4.17. The van der Waals surface area contributed by atoms with E-state index in [0.29, 0.717) is 5.92 Å². The summed E-state index contributed by atoms with van der Waals surface area (Å²) in [5.74, 6) is 1.54. The molecule has 3 heteroatoms. The number of nitrogens with zero attached hydrogens (tertiary/aromatic N) is 2. The van der Waals surface area contributed by atoms with Gasteiger partial charge in [-0.1, -0.05) is 51.3 Å². The molecular weight excluding hydrogens is 256 g/mol. The zero-order chi connectivity index (χ0) is 12.8. The summed E-state index contributed by atoms with van der Waals surface area (Å²) in [6.07, 6.45) is 8.16. The Bertz CT molecular complexity index is 499. The van der Waals surface area contributed by atoms with Gasteiger partial charge in [0, 0.05) is 17.5 Å². The standard InChI is InChI=1S/C16H22N2.ClH/c1-3-5-6-9-13(4-2)16-17-12-14-10-7-8-11-15(14)18-16;/h7-8,10-13H,3-6,9H2,1-2H3;1H. The molecule has 0 amide bonds. The normalized spacial score (nSPS) is 12.1. The first-order chi connectivity index (χ1) is 8.85. The minimum atomic E-state index is 0. The molecule has 0 radical (unpaired) electrons. The van der Waals surface area contributed by atoms with Gasteiger partial charge in [0.05, 0.1) is 5.52 Å². The van der Waals surface area contributed by atoms with E-state index in [9.17, 15) is 0 Å². The van der Waals surface area contributed by atoms with Gasteiger partial charge < -0.3 is 0 Å². The van der Waals surface area contributed by atoms with Crippen LogP contribution in [0.5, 0.6) is 0 Å². The van der Waals surface area contributed by atoms with Crippen LogP contribution >= 0.6 is 12.4 Å². The molecule has 1 unspecified atom stereocenters. The zero-order valence-electron chi connectivity index (χ0n) is 11.8. The Labute approximate surface area is 122 Å². The van der Waals surface area contributed by atoms with Crippen LogP contribution < -0.4 is 0 Å². The monoisotopic (exact) mass is 278 g/mol. The number of hydrogen-bond donors (Lipinski definition) is 0. The molecule has 0 aliphatic heterocycles. The van der Waals surface area contributed by atoms with E-state index >= 15 is 0 Å². The van der Waals surface area contributed by atoms with Crippen LogP contribution in [0.3, 0.4) is 0 Å². The number of rotatable bonds is 6. The van der Waals surface area contributed by atoms with E-state index in [1.54, 1.807) is 0 Å². The van der Waals surface area contributed by atoms with E-state index in [-0.39, 0.29) is 12.4 Å². The molecule has 1 aromatic carbocycles. The summed E-state index contributed by atoms with van der Waals surface area (Å²) in [4.78, 5) is 9.26. The van der Waals surface area contributed by atoms with E-state index in [1.807, 2.05) is 18.3 Å². The first-order valence-electron chi connectivity index (χ1n) is 7.06. The highest BCUT2D eigenvalue weighted by molar-refractivity contribution is 5.85. The minimum absolute atomic E-state index is 0. The topological polar surface area (TPSA) is 25.8 Å². The van der Waals surface area contributed by atoms with Crippen LogP contribution in [0, 0.1) is 0 Å². The Morgan fingerprint density at radius 2 is 1.89 bits per heavy atom. The Hall–Kier alpha value is -1.15. The van der Waals surface area contributed by atoms with Crippen LogP contribution in [-0.4, -0.2) is 9.97 Å². The van der Waals surface area contributed by atoms with E-state index in [4.69, 9.17) is 4.98 Å². The van der Waals surface area contributed by atoms with Gasteiger partial charge in [0.2, 0.25) is 0 Å². The van der Waals surface area contributed by atoms with Gasteiger partial charge in [-0.05, 0) is 18.9 Å². The van der Waals surface area contributed by atoms with Gasteiger partial charge >= 0.3 is 0 Å². The Kier molecular flexibility index (Phi) is 6.79. The van der Waals surface area contributed by atoms with Crippen LogP contribution in [0.1, 0.15) is 57.7 Å². The van der Waals surface area contributed by atoms with Gasteiger partial charge in [-0.25, -0.2) is 9.97 Å². The SMILES string of the molecule is CCCCCC(CC)c1ncc2ccccc2n1.Cl. The number of hydrogen-bond acceptors (Lipinski definition) is 2. The Morgan fingerprint density at radius 3 is 2.63 bits per heavy atom. The first-order valence-corrected chi connectivity index (χ1v) is 7.06. The average molecular weight is 279 g/mol. The number of benzene rings is 1. The maximum atomic E-state index is 4.71. The summed E-state index contributed by atoms with van der Waals surface area (Å²) in [5.41, 5.74) is 1.07. The highest BCUT2D eigenvalue weighted by atomic mass is 35.5. The molecule has 0 aliphatic carbocycles. The smallest absolute Gasteiger partial charge is 0.132 e. The van der Waals surface area contributed by atoms with Crippen molar-refractivity contribution in [2.45, 2.75) is 51.9 Å². The lowest BCUT2D eigenvalue weighted by molar-refractivity contribution is 0.532. The molecule has 0 fully saturated rings. The molecule has 1 aromatic heterocycles.